The van der Waals surface area contributed by atoms with E-state index in [0.29, 0.717) is 11.6 Å². The standard InChI is InChI=1S/C16H22F3NO/c1-2-3-12-6-8-20(9-7-12)14-5-4-13(11-21)15(10-14)16(17,18)19/h4-5,10,12,21H,2-3,6-9,11H2,1H3. The van der Waals surface area contributed by atoms with E-state index in [0.717, 1.165) is 32.4 Å². The molecular formula is C16H22F3NO. The van der Waals surface area contributed by atoms with Crippen LogP contribution in [0.1, 0.15) is 43.7 Å². The lowest BCUT2D eigenvalue weighted by Gasteiger charge is -2.34. The zero-order chi connectivity index (χ0) is 15.5. The molecule has 2 rings (SSSR count). The fourth-order valence-corrected chi connectivity index (χ4v) is 3.05. The van der Waals surface area contributed by atoms with Crippen LogP contribution in [0.25, 0.3) is 0 Å². The summed E-state index contributed by atoms with van der Waals surface area (Å²) in [6.45, 7) is 3.18. The van der Waals surface area contributed by atoms with Crippen LogP contribution in [0.2, 0.25) is 0 Å². The lowest BCUT2D eigenvalue weighted by Crippen LogP contribution is -2.33. The normalized spacial score (nSPS) is 17.3. The predicted octanol–water partition coefficient (Wildman–Crippen LogP) is 4.21. The molecule has 0 bridgehead atoms. The molecule has 0 radical (unpaired) electrons. The van der Waals surface area contributed by atoms with Gasteiger partial charge in [0.1, 0.15) is 0 Å². The van der Waals surface area contributed by atoms with E-state index < -0.39 is 18.3 Å². The zero-order valence-electron chi connectivity index (χ0n) is 12.3. The maximum atomic E-state index is 13.0. The number of alkyl halides is 3. The summed E-state index contributed by atoms with van der Waals surface area (Å²) >= 11 is 0. The fraction of sp³-hybridized carbons (Fsp3) is 0.625. The van der Waals surface area contributed by atoms with Crippen LogP contribution in [-0.2, 0) is 12.8 Å². The highest BCUT2D eigenvalue weighted by Gasteiger charge is 2.34. The van der Waals surface area contributed by atoms with Gasteiger partial charge >= 0.3 is 6.18 Å². The number of rotatable bonds is 4. The first-order chi connectivity index (χ1) is 9.95. The Kier molecular flexibility index (Phi) is 5.14. The molecule has 0 atom stereocenters. The molecule has 0 aliphatic carbocycles. The van der Waals surface area contributed by atoms with Gasteiger partial charge in [0.05, 0.1) is 12.2 Å². The molecule has 2 nitrogen and oxygen atoms in total. The average molecular weight is 301 g/mol. The van der Waals surface area contributed by atoms with Crippen LogP contribution in [0.15, 0.2) is 18.2 Å². The first kappa shape index (κ1) is 16.1. The largest absolute Gasteiger partial charge is 0.416 e. The van der Waals surface area contributed by atoms with Gasteiger partial charge in [-0.05, 0) is 36.5 Å². The van der Waals surface area contributed by atoms with Crippen LogP contribution in [0.3, 0.4) is 0 Å². The van der Waals surface area contributed by atoms with Crippen molar-refractivity contribution in [2.24, 2.45) is 5.92 Å². The molecule has 0 aromatic heterocycles. The molecule has 1 aliphatic rings. The van der Waals surface area contributed by atoms with Gasteiger partial charge in [-0.1, -0.05) is 25.8 Å². The van der Waals surface area contributed by atoms with E-state index in [1.54, 1.807) is 6.07 Å². The van der Waals surface area contributed by atoms with Gasteiger partial charge in [0.2, 0.25) is 0 Å². The minimum Gasteiger partial charge on any atom is -0.392 e. The first-order valence-electron chi connectivity index (χ1n) is 7.51. The molecule has 5 heteroatoms. The third-order valence-electron chi connectivity index (χ3n) is 4.25. The summed E-state index contributed by atoms with van der Waals surface area (Å²) in [6.07, 6.45) is 0.0155. The van der Waals surface area contributed by atoms with E-state index in [9.17, 15) is 13.2 Å². The van der Waals surface area contributed by atoms with E-state index in [2.05, 4.69) is 6.92 Å². The van der Waals surface area contributed by atoms with Crippen molar-refractivity contribution < 1.29 is 18.3 Å². The van der Waals surface area contributed by atoms with Crippen molar-refractivity contribution in [3.05, 3.63) is 29.3 Å². The SMILES string of the molecule is CCCC1CCN(c2ccc(CO)c(C(F)(F)F)c2)CC1. The molecule has 0 amide bonds. The number of halogens is 3. The van der Waals surface area contributed by atoms with Crippen molar-refractivity contribution in [1.29, 1.82) is 0 Å². The molecule has 0 saturated carbocycles. The van der Waals surface area contributed by atoms with Gasteiger partial charge in [0.15, 0.2) is 0 Å². The van der Waals surface area contributed by atoms with E-state index in [1.807, 2.05) is 4.90 Å². The Bertz CT molecular complexity index is 465. The van der Waals surface area contributed by atoms with Gasteiger partial charge in [0, 0.05) is 18.8 Å². The summed E-state index contributed by atoms with van der Waals surface area (Å²) in [5.41, 5.74) is -0.181. The summed E-state index contributed by atoms with van der Waals surface area (Å²) in [7, 11) is 0. The van der Waals surface area contributed by atoms with Crippen LogP contribution in [-0.4, -0.2) is 18.2 Å². The molecule has 1 N–H and O–H groups in total. The van der Waals surface area contributed by atoms with Crippen LogP contribution in [0.4, 0.5) is 18.9 Å². The van der Waals surface area contributed by atoms with Crippen molar-refractivity contribution >= 4 is 5.69 Å². The van der Waals surface area contributed by atoms with E-state index >= 15 is 0 Å². The van der Waals surface area contributed by atoms with Crippen molar-refractivity contribution in [2.75, 3.05) is 18.0 Å². The molecule has 1 aromatic carbocycles. The Labute approximate surface area is 123 Å². The molecule has 1 heterocycles. The highest BCUT2D eigenvalue weighted by atomic mass is 19.4. The number of aliphatic hydroxyl groups excluding tert-OH is 1. The second-order valence-corrected chi connectivity index (χ2v) is 5.72. The number of benzene rings is 1. The van der Waals surface area contributed by atoms with Gasteiger partial charge in [-0.15, -0.1) is 0 Å². The topological polar surface area (TPSA) is 23.5 Å². The van der Waals surface area contributed by atoms with Crippen LogP contribution in [0.5, 0.6) is 0 Å². The Balaban J connectivity index is 2.15. The smallest absolute Gasteiger partial charge is 0.392 e. The van der Waals surface area contributed by atoms with E-state index in [-0.39, 0.29) is 5.56 Å². The van der Waals surface area contributed by atoms with Gasteiger partial charge in [-0.25, -0.2) is 0 Å². The van der Waals surface area contributed by atoms with Crippen molar-refractivity contribution in [3.8, 4) is 0 Å². The monoisotopic (exact) mass is 301 g/mol. The molecule has 21 heavy (non-hydrogen) atoms. The predicted molar refractivity (Wildman–Crippen MR) is 77.2 cm³/mol. The maximum absolute atomic E-state index is 13.0. The number of hydrogen-bond acceptors (Lipinski definition) is 2. The third kappa shape index (κ3) is 3.90. The summed E-state index contributed by atoms with van der Waals surface area (Å²) in [5.74, 6) is 0.699. The van der Waals surface area contributed by atoms with Crippen molar-refractivity contribution in [3.63, 3.8) is 0 Å². The Morgan fingerprint density at radius 1 is 1.24 bits per heavy atom. The second kappa shape index (κ2) is 6.69. The molecular weight excluding hydrogens is 279 g/mol. The fourth-order valence-electron chi connectivity index (χ4n) is 3.05. The van der Waals surface area contributed by atoms with Crippen LogP contribution < -0.4 is 4.90 Å². The third-order valence-corrected chi connectivity index (χ3v) is 4.25. The Hall–Kier alpha value is -1.23. The quantitative estimate of drug-likeness (QED) is 0.900. The lowest BCUT2D eigenvalue weighted by atomic mass is 9.92. The van der Waals surface area contributed by atoms with Gasteiger partial charge in [-0.3, -0.25) is 0 Å². The second-order valence-electron chi connectivity index (χ2n) is 5.72. The minimum atomic E-state index is -4.42. The molecule has 1 fully saturated rings. The van der Waals surface area contributed by atoms with Crippen molar-refractivity contribution in [1.82, 2.24) is 0 Å². The Morgan fingerprint density at radius 3 is 2.43 bits per heavy atom. The van der Waals surface area contributed by atoms with Gasteiger partial charge in [-0.2, -0.15) is 13.2 Å². The molecule has 118 valence electrons. The maximum Gasteiger partial charge on any atom is 0.416 e. The molecule has 1 aromatic rings. The highest BCUT2D eigenvalue weighted by Crippen LogP contribution is 2.35. The van der Waals surface area contributed by atoms with E-state index in [1.165, 1.54) is 18.6 Å². The summed E-state index contributed by atoms with van der Waals surface area (Å²) in [4.78, 5) is 2.02. The molecule has 1 aliphatic heterocycles. The van der Waals surface area contributed by atoms with Crippen LogP contribution in [0, 0.1) is 5.92 Å². The average Bonchev–Trinajstić information content (AvgIpc) is 2.47. The molecule has 0 spiro atoms. The summed E-state index contributed by atoms with van der Waals surface area (Å²) < 4.78 is 39.0. The van der Waals surface area contributed by atoms with Crippen LogP contribution >= 0.6 is 0 Å². The first-order valence-corrected chi connectivity index (χ1v) is 7.51. The number of nitrogens with zero attached hydrogens (tertiary/aromatic N) is 1. The van der Waals surface area contributed by atoms with Gasteiger partial charge < -0.3 is 10.0 Å². The summed E-state index contributed by atoms with van der Waals surface area (Å²) in [6, 6.07) is 4.24. The number of piperidine rings is 1. The number of anilines is 1. The lowest BCUT2D eigenvalue weighted by molar-refractivity contribution is -0.138. The summed E-state index contributed by atoms with van der Waals surface area (Å²) in [5, 5.41) is 9.06. The molecule has 0 unspecified atom stereocenters. The van der Waals surface area contributed by atoms with E-state index in [4.69, 9.17) is 5.11 Å². The minimum absolute atomic E-state index is 0.0629. The molecule has 1 saturated heterocycles. The zero-order valence-corrected chi connectivity index (χ0v) is 12.3. The Morgan fingerprint density at radius 2 is 1.90 bits per heavy atom. The van der Waals surface area contributed by atoms with Crippen molar-refractivity contribution in [2.45, 2.75) is 45.4 Å². The number of aliphatic hydroxyl groups is 1. The van der Waals surface area contributed by atoms with Gasteiger partial charge in [0.25, 0.3) is 0 Å². The highest BCUT2D eigenvalue weighted by molar-refractivity contribution is 5.52. The number of hydrogen-bond donors (Lipinski definition) is 1.